The van der Waals surface area contributed by atoms with Gasteiger partial charge in [0.15, 0.2) is 0 Å². The Morgan fingerprint density at radius 3 is 2.00 bits per heavy atom. The number of rotatable bonds is 2. The van der Waals surface area contributed by atoms with Gasteiger partial charge < -0.3 is 4.90 Å². The zero-order valence-electron chi connectivity index (χ0n) is 12.5. The highest BCUT2D eigenvalue weighted by Gasteiger charge is 2.44. The molecule has 4 nitrogen and oxygen atoms in total. The van der Waals surface area contributed by atoms with Gasteiger partial charge in [-0.1, -0.05) is 60.7 Å². The molecule has 0 aliphatic carbocycles. The third-order valence-electron chi connectivity index (χ3n) is 4.50. The fourth-order valence-electron chi connectivity index (χ4n) is 3.52. The number of nitrogens with zero attached hydrogens (tertiary/aromatic N) is 1. The number of carbonyl (C=O) groups excluding carboxylic acids is 1. The van der Waals surface area contributed by atoms with Crippen LogP contribution in [-0.4, -0.2) is 17.5 Å². The lowest BCUT2D eigenvalue weighted by Gasteiger charge is -2.47. The molecule has 2 amide bonds. The van der Waals surface area contributed by atoms with Gasteiger partial charge in [0.1, 0.15) is 0 Å². The molecular weight excluding hydrogens is 274 g/mol. The Bertz CT molecular complexity index is 588. The molecule has 3 rings (SSSR count). The number of hydrogen-bond acceptors (Lipinski definition) is 2. The summed E-state index contributed by atoms with van der Waals surface area (Å²) in [6, 6.07) is 20.2. The lowest BCUT2D eigenvalue weighted by molar-refractivity contribution is 0.103. The lowest BCUT2D eigenvalue weighted by atomic mass is 9.75. The Kier molecular flexibility index (Phi) is 4.11. The normalized spacial score (nSPS) is 17.0. The molecule has 4 heteroatoms. The molecule has 0 saturated carbocycles. The number of benzene rings is 2. The van der Waals surface area contributed by atoms with E-state index in [0.717, 1.165) is 30.4 Å². The van der Waals surface area contributed by atoms with Gasteiger partial charge in [0.2, 0.25) is 0 Å². The van der Waals surface area contributed by atoms with Gasteiger partial charge >= 0.3 is 6.03 Å². The maximum atomic E-state index is 12.4. The highest BCUT2D eigenvalue weighted by Crippen LogP contribution is 2.43. The summed E-state index contributed by atoms with van der Waals surface area (Å²) in [5.74, 6) is 5.44. The van der Waals surface area contributed by atoms with Crippen LogP contribution < -0.4 is 11.3 Å². The van der Waals surface area contributed by atoms with Crippen molar-refractivity contribution in [3.63, 3.8) is 0 Å². The molecule has 0 atom stereocenters. The van der Waals surface area contributed by atoms with Crippen molar-refractivity contribution in [3.8, 4) is 0 Å². The molecule has 2 aromatic rings. The molecular formula is C18H21N3O. The zero-order chi connectivity index (χ0) is 15.4. The van der Waals surface area contributed by atoms with Gasteiger partial charge in [0.05, 0.1) is 5.54 Å². The van der Waals surface area contributed by atoms with Crippen molar-refractivity contribution in [1.82, 2.24) is 10.3 Å². The number of carbonyl (C=O) groups is 1. The Balaban J connectivity index is 2.20. The van der Waals surface area contributed by atoms with Gasteiger partial charge in [-0.05, 0) is 30.4 Å². The minimum atomic E-state index is -0.454. The first kappa shape index (κ1) is 14.6. The average molecular weight is 295 g/mol. The molecule has 0 spiro atoms. The Morgan fingerprint density at radius 2 is 1.50 bits per heavy atom. The molecule has 2 aromatic carbocycles. The van der Waals surface area contributed by atoms with Crippen molar-refractivity contribution in [2.75, 3.05) is 6.54 Å². The van der Waals surface area contributed by atoms with Crippen LogP contribution in [0.25, 0.3) is 0 Å². The minimum Gasteiger partial charge on any atom is -0.310 e. The second-order valence-electron chi connectivity index (χ2n) is 5.65. The Hall–Kier alpha value is -2.33. The molecule has 1 aliphatic rings. The molecule has 22 heavy (non-hydrogen) atoms. The van der Waals surface area contributed by atoms with E-state index in [2.05, 4.69) is 29.7 Å². The van der Waals surface area contributed by atoms with Gasteiger partial charge in [0, 0.05) is 6.54 Å². The number of hydrazine groups is 1. The van der Waals surface area contributed by atoms with Crippen LogP contribution in [0.5, 0.6) is 0 Å². The van der Waals surface area contributed by atoms with Crippen molar-refractivity contribution in [2.45, 2.75) is 24.8 Å². The van der Waals surface area contributed by atoms with Crippen molar-refractivity contribution < 1.29 is 4.79 Å². The molecule has 0 bridgehead atoms. The number of likely N-dealkylation sites (tertiary alicyclic amines) is 1. The van der Waals surface area contributed by atoms with Crippen molar-refractivity contribution >= 4 is 6.03 Å². The van der Waals surface area contributed by atoms with Crippen molar-refractivity contribution in [2.24, 2.45) is 5.84 Å². The second-order valence-corrected chi connectivity index (χ2v) is 5.65. The number of hydrogen-bond donors (Lipinski definition) is 2. The van der Waals surface area contributed by atoms with Crippen LogP contribution in [0.4, 0.5) is 4.79 Å². The fraction of sp³-hybridized carbons (Fsp3) is 0.278. The number of urea groups is 1. The van der Waals surface area contributed by atoms with E-state index in [-0.39, 0.29) is 6.03 Å². The number of nitrogens with two attached hydrogens (primary N) is 1. The molecule has 1 aliphatic heterocycles. The summed E-state index contributed by atoms with van der Waals surface area (Å²) in [7, 11) is 0. The molecule has 1 fully saturated rings. The van der Waals surface area contributed by atoms with E-state index in [9.17, 15) is 4.79 Å². The first-order chi connectivity index (χ1) is 10.8. The number of piperidine rings is 1. The number of amides is 2. The highest BCUT2D eigenvalue weighted by atomic mass is 16.2. The predicted molar refractivity (Wildman–Crippen MR) is 86.9 cm³/mol. The predicted octanol–water partition coefficient (Wildman–Crippen LogP) is 3.00. The Labute approximate surface area is 130 Å². The summed E-state index contributed by atoms with van der Waals surface area (Å²) in [6.45, 7) is 0.701. The van der Waals surface area contributed by atoms with Crippen LogP contribution in [0.3, 0.4) is 0 Å². The van der Waals surface area contributed by atoms with E-state index in [0.29, 0.717) is 6.54 Å². The standard InChI is InChI=1S/C18H21N3O/c19-20-17(22)21-14-8-7-13-18(21,15-9-3-1-4-10-15)16-11-5-2-6-12-16/h1-6,9-12H,7-8,13-14,19H2,(H,20,22). The van der Waals surface area contributed by atoms with E-state index in [4.69, 9.17) is 5.84 Å². The molecule has 1 saturated heterocycles. The third kappa shape index (κ3) is 2.35. The van der Waals surface area contributed by atoms with Crippen molar-refractivity contribution in [1.29, 1.82) is 0 Å². The van der Waals surface area contributed by atoms with Crippen LogP contribution >= 0.6 is 0 Å². The highest BCUT2D eigenvalue weighted by molar-refractivity contribution is 5.76. The zero-order valence-corrected chi connectivity index (χ0v) is 12.5. The smallest absolute Gasteiger partial charge is 0.310 e. The monoisotopic (exact) mass is 295 g/mol. The molecule has 0 unspecified atom stereocenters. The first-order valence-corrected chi connectivity index (χ1v) is 7.68. The summed E-state index contributed by atoms with van der Waals surface area (Å²) >= 11 is 0. The van der Waals surface area contributed by atoms with E-state index in [1.165, 1.54) is 0 Å². The first-order valence-electron chi connectivity index (χ1n) is 7.68. The maximum absolute atomic E-state index is 12.4. The molecule has 0 radical (unpaired) electrons. The van der Waals surface area contributed by atoms with Crippen LogP contribution in [0.1, 0.15) is 30.4 Å². The summed E-state index contributed by atoms with van der Waals surface area (Å²) in [5.41, 5.74) is 4.12. The lowest BCUT2D eigenvalue weighted by Crippen LogP contribution is -2.57. The van der Waals surface area contributed by atoms with Gasteiger partial charge in [-0.15, -0.1) is 0 Å². The molecule has 1 heterocycles. The SMILES string of the molecule is NNC(=O)N1CCCCC1(c1ccccc1)c1ccccc1. The Morgan fingerprint density at radius 1 is 0.955 bits per heavy atom. The fourth-order valence-corrected chi connectivity index (χ4v) is 3.52. The van der Waals surface area contributed by atoms with E-state index in [1.54, 1.807) is 0 Å². The topological polar surface area (TPSA) is 58.4 Å². The quantitative estimate of drug-likeness (QED) is 0.508. The molecule has 114 valence electrons. The van der Waals surface area contributed by atoms with Crippen LogP contribution in [0.15, 0.2) is 60.7 Å². The van der Waals surface area contributed by atoms with Gasteiger partial charge in [-0.2, -0.15) is 0 Å². The largest absolute Gasteiger partial charge is 0.332 e. The van der Waals surface area contributed by atoms with Gasteiger partial charge in [-0.3, -0.25) is 5.43 Å². The number of nitrogens with one attached hydrogen (secondary N) is 1. The van der Waals surface area contributed by atoms with Gasteiger partial charge in [0.25, 0.3) is 0 Å². The maximum Gasteiger partial charge on any atom is 0.332 e. The van der Waals surface area contributed by atoms with Gasteiger partial charge in [-0.25, -0.2) is 10.6 Å². The van der Waals surface area contributed by atoms with Crippen LogP contribution in [-0.2, 0) is 5.54 Å². The second kappa shape index (κ2) is 6.20. The van der Waals surface area contributed by atoms with Crippen LogP contribution in [0, 0.1) is 0 Å². The summed E-state index contributed by atoms with van der Waals surface area (Å²) < 4.78 is 0. The summed E-state index contributed by atoms with van der Waals surface area (Å²) in [5, 5.41) is 0. The summed E-state index contributed by atoms with van der Waals surface area (Å²) in [4.78, 5) is 14.3. The van der Waals surface area contributed by atoms with E-state index < -0.39 is 5.54 Å². The van der Waals surface area contributed by atoms with E-state index in [1.807, 2.05) is 41.3 Å². The average Bonchev–Trinajstić information content (AvgIpc) is 2.62. The molecule has 3 N–H and O–H groups in total. The van der Waals surface area contributed by atoms with Crippen LogP contribution in [0.2, 0.25) is 0 Å². The van der Waals surface area contributed by atoms with E-state index >= 15 is 0 Å². The van der Waals surface area contributed by atoms with Crippen molar-refractivity contribution in [3.05, 3.63) is 71.8 Å². The minimum absolute atomic E-state index is 0.229. The summed E-state index contributed by atoms with van der Waals surface area (Å²) in [6.07, 6.45) is 2.97. The molecule has 0 aromatic heterocycles. The third-order valence-corrected chi connectivity index (χ3v) is 4.50.